The van der Waals surface area contributed by atoms with Crippen molar-refractivity contribution in [2.24, 2.45) is 0 Å². The third-order valence-corrected chi connectivity index (χ3v) is 6.99. The Kier molecular flexibility index (Phi) is 5.94. The van der Waals surface area contributed by atoms with Gasteiger partial charge in [-0.05, 0) is 58.5 Å². The highest BCUT2D eigenvalue weighted by atomic mass is 32.2. The number of nitrogens with zero attached hydrogens (tertiary/aromatic N) is 1. The van der Waals surface area contributed by atoms with Crippen molar-refractivity contribution >= 4 is 21.4 Å². The number of rotatable bonds is 7. The van der Waals surface area contributed by atoms with Crippen LogP contribution in [-0.4, -0.2) is 20.5 Å². The molecule has 30 heavy (non-hydrogen) atoms. The minimum atomic E-state index is -3.63. The highest BCUT2D eigenvalue weighted by Crippen LogP contribution is 2.25. The average Bonchev–Trinajstić information content (AvgIpc) is 3.33. The lowest BCUT2D eigenvalue weighted by atomic mass is 10.1. The Hall–Kier alpha value is -3.00. The normalized spacial score (nSPS) is 11.4. The average molecular weight is 437 g/mol. The number of benzene rings is 2. The summed E-state index contributed by atoms with van der Waals surface area (Å²) in [5.74, 6) is 0.778. The molecule has 0 bridgehead atoms. The molecule has 0 atom stereocenters. The van der Waals surface area contributed by atoms with E-state index in [0.29, 0.717) is 0 Å². The lowest BCUT2D eigenvalue weighted by Gasteiger charge is -2.09. The van der Waals surface area contributed by atoms with Crippen LogP contribution in [-0.2, 0) is 16.6 Å². The summed E-state index contributed by atoms with van der Waals surface area (Å²) >= 11 is 1.62. The number of ether oxygens (including phenoxy) is 1. The van der Waals surface area contributed by atoms with Crippen LogP contribution in [0.5, 0.6) is 5.75 Å². The largest absolute Gasteiger partial charge is 0.497 e. The fraction of sp³-hybridized carbons (Fsp3) is 0.0870. The molecule has 0 spiro atoms. The third-order valence-electron chi connectivity index (χ3n) is 4.65. The Labute approximate surface area is 180 Å². The molecule has 0 amide bonds. The molecule has 0 aliphatic heterocycles. The molecule has 1 N–H and O–H groups in total. The van der Waals surface area contributed by atoms with Gasteiger partial charge >= 0.3 is 0 Å². The van der Waals surface area contributed by atoms with Crippen molar-refractivity contribution in [1.82, 2.24) is 9.71 Å². The van der Waals surface area contributed by atoms with Crippen molar-refractivity contribution in [2.75, 3.05) is 7.11 Å². The molecule has 0 aliphatic carbocycles. The molecular weight excluding hydrogens is 416 g/mol. The van der Waals surface area contributed by atoms with Crippen LogP contribution in [0.1, 0.15) is 5.56 Å². The van der Waals surface area contributed by atoms with E-state index in [-0.39, 0.29) is 11.4 Å². The summed E-state index contributed by atoms with van der Waals surface area (Å²) in [5, 5.41) is 2.00. The van der Waals surface area contributed by atoms with E-state index in [9.17, 15) is 8.42 Å². The van der Waals surface area contributed by atoms with E-state index in [0.717, 1.165) is 32.9 Å². The molecule has 2 aromatic heterocycles. The van der Waals surface area contributed by atoms with Crippen molar-refractivity contribution in [3.8, 4) is 27.3 Å². The van der Waals surface area contributed by atoms with Crippen LogP contribution in [0.25, 0.3) is 21.6 Å². The van der Waals surface area contributed by atoms with Gasteiger partial charge in [-0.1, -0.05) is 30.3 Å². The quantitative estimate of drug-likeness (QED) is 0.444. The maximum Gasteiger partial charge on any atom is 0.240 e. The molecule has 0 saturated carbocycles. The van der Waals surface area contributed by atoms with E-state index in [2.05, 4.69) is 9.71 Å². The smallest absolute Gasteiger partial charge is 0.240 e. The topological polar surface area (TPSA) is 68.3 Å². The molecule has 0 fully saturated rings. The summed E-state index contributed by atoms with van der Waals surface area (Å²) in [7, 11) is -2.01. The molecule has 7 heteroatoms. The van der Waals surface area contributed by atoms with Crippen molar-refractivity contribution < 1.29 is 13.2 Å². The summed E-state index contributed by atoms with van der Waals surface area (Å²) in [5.41, 5.74) is 3.71. The maximum absolute atomic E-state index is 12.7. The second kappa shape index (κ2) is 8.79. The van der Waals surface area contributed by atoms with E-state index in [1.165, 1.54) is 0 Å². The monoisotopic (exact) mass is 436 g/mol. The van der Waals surface area contributed by atoms with Crippen LogP contribution in [0.2, 0.25) is 0 Å². The number of methoxy groups -OCH3 is 1. The molecule has 152 valence electrons. The second-order valence-corrected chi connectivity index (χ2v) is 9.35. The molecule has 2 heterocycles. The van der Waals surface area contributed by atoms with Gasteiger partial charge in [-0.15, -0.1) is 11.3 Å². The molecule has 0 radical (unpaired) electrons. The Bertz CT molecular complexity index is 1220. The molecule has 4 rings (SSSR count). The van der Waals surface area contributed by atoms with E-state index in [4.69, 9.17) is 4.74 Å². The van der Waals surface area contributed by atoms with Gasteiger partial charge in [-0.2, -0.15) is 0 Å². The predicted octanol–water partition coefficient (Wildman–Crippen LogP) is 4.96. The number of hydrogen-bond acceptors (Lipinski definition) is 5. The van der Waals surface area contributed by atoms with Gasteiger partial charge in [0.25, 0.3) is 0 Å². The first-order chi connectivity index (χ1) is 14.5. The van der Waals surface area contributed by atoms with Gasteiger partial charge in [0.2, 0.25) is 10.0 Å². The Morgan fingerprint density at radius 3 is 2.27 bits per heavy atom. The standard InChI is InChI=1S/C23H20N2O3S2/c1-28-21-8-4-18(5-9-21)19-6-10-22(11-7-19)30(26,27)25-15-17-13-20(16-24-14-17)23-3-2-12-29-23/h2-14,16,25H,15H2,1H3. The number of thiophene rings is 1. The zero-order valence-electron chi connectivity index (χ0n) is 16.3. The lowest BCUT2D eigenvalue weighted by Crippen LogP contribution is -2.23. The van der Waals surface area contributed by atoms with Crippen LogP contribution in [0.15, 0.2) is 89.4 Å². The minimum absolute atomic E-state index is 0.175. The van der Waals surface area contributed by atoms with Gasteiger partial charge < -0.3 is 4.74 Å². The summed E-state index contributed by atoms with van der Waals surface area (Å²) < 4.78 is 33.2. The number of sulfonamides is 1. The van der Waals surface area contributed by atoms with Gasteiger partial charge in [0.15, 0.2) is 0 Å². The number of pyridine rings is 1. The molecule has 0 unspecified atom stereocenters. The lowest BCUT2D eigenvalue weighted by molar-refractivity contribution is 0.415. The zero-order chi connectivity index (χ0) is 21.0. The molecule has 4 aromatic rings. The fourth-order valence-corrected chi connectivity index (χ4v) is 4.76. The van der Waals surface area contributed by atoms with E-state index >= 15 is 0 Å². The third kappa shape index (κ3) is 4.59. The molecule has 5 nitrogen and oxygen atoms in total. The Morgan fingerprint density at radius 1 is 0.933 bits per heavy atom. The van der Waals surface area contributed by atoms with Crippen molar-refractivity contribution in [3.63, 3.8) is 0 Å². The highest BCUT2D eigenvalue weighted by Gasteiger charge is 2.14. The molecular formula is C23H20N2O3S2. The highest BCUT2D eigenvalue weighted by molar-refractivity contribution is 7.89. The van der Waals surface area contributed by atoms with Gasteiger partial charge in [0.05, 0.1) is 12.0 Å². The number of nitrogens with one attached hydrogen (secondary N) is 1. The predicted molar refractivity (Wildman–Crippen MR) is 120 cm³/mol. The van der Waals surface area contributed by atoms with E-state index < -0.39 is 10.0 Å². The van der Waals surface area contributed by atoms with Gasteiger partial charge in [0.1, 0.15) is 5.75 Å². The fourth-order valence-electron chi connectivity index (χ4n) is 3.03. The van der Waals surface area contributed by atoms with Gasteiger partial charge in [0, 0.05) is 29.4 Å². The molecule has 0 aliphatic rings. The van der Waals surface area contributed by atoms with Crippen molar-refractivity contribution in [1.29, 1.82) is 0 Å². The van der Waals surface area contributed by atoms with Crippen LogP contribution in [0, 0.1) is 0 Å². The summed E-state index contributed by atoms with van der Waals surface area (Å²) in [6, 6.07) is 20.4. The van der Waals surface area contributed by atoms with Crippen molar-refractivity contribution in [2.45, 2.75) is 11.4 Å². The van der Waals surface area contributed by atoms with Crippen LogP contribution in [0.4, 0.5) is 0 Å². The van der Waals surface area contributed by atoms with Crippen LogP contribution < -0.4 is 9.46 Å². The number of hydrogen-bond donors (Lipinski definition) is 1. The van der Waals surface area contributed by atoms with Gasteiger partial charge in [-0.3, -0.25) is 4.98 Å². The zero-order valence-corrected chi connectivity index (χ0v) is 17.9. The molecule has 0 saturated heterocycles. The van der Waals surface area contributed by atoms with E-state index in [1.807, 2.05) is 47.8 Å². The number of aromatic nitrogens is 1. The first-order valence-corrected chi connectivity index (χ1v) is 11.6. The summed E-state index contributed by atoms with van der Waals surface area (Å²) in [6.07, 6.45) is 3.45. The minimum Gasteiger partial charge on any atom is -0.497 e. The summed E-state index contributed by atoms with van der Waals surface area (Å²) in [6.45, 7) is 0.175. The van der Waals surface area contributed by atoms with Crippen LogP contribution >= 0.6 is 11.3 Å². The SMILES string of the molecule is COc1ccc(-c2ccc(S(=O)(=O)NCc3cncc(-c4cccs4)c3)cc2)cc1. The van der Waals surface area contributed by atoms with Crippen LogP contribution in [0.3, 0.4) is 0 Å². The van der Waals surface area contributed by atoms with Gasteiger partial charge in [-0.25, -0.2) is 13.1 Å². The maximum atomic E-state index is 12.7. The van der Waals surface area contributed by atoms with Crippen molar-refractivity contribution in [3.05, 3.63) is 90.1 Å². The first-order valence-electron chi connectivity index (χ1n) is 9.27. The Balaban J connectivity index is 1.46. The van der Waals surface area contributed by atoms with E-state index in [1.54, 1.807) is 55.1 Å². The summed E-state index contributed by atoms with van der Waals surface area (Å²) in [4.78, 5) is 5.56. The second-order valence-electron chi connectivity index (χ2n) is 6.64. The molecule has 2 aromatic carbocycles. The first kappa shape index (κ1) is 20.3. The Morgan fingerprint density at radius 2 is 1.63 bits per heavy atom.